The summed E-state index contributed by atoms with van der Waals surface area (Å²) >= 11 is 0. The molecule has 0 N–H and O–H groups in total. The predicted octanol–water partition coefficient (Wildman–Crippen LogP) is 1.52. The Balaban J connectivity index is 2.41. The first-order chi connectivity index (χ1) is 9.29. The lowest BCUT2D eigenvalue weighted by Crippen LogP contribution is -1.99. The van der Waals surface area contributed by atoms with Crippen molar-refractivity contribution in [3.63, 3.8) is 0 Å². The fourth-order valence-electron chi connectivity index (χ4n) is 1.53. The molecule has 0 amide bonds. The van der Waals surface area contributed by atoms with Gasteiger partial charge in [-0.2, -0.15) is 0 Å². The lowest BCUT2D eigenvalue weighted by atomic mass is 10.3. The molecule has 20 heavy (non-hydrogen) atoms. The summed E-state index contributed by atoms with van der Waals surface area (Å²) in [6, 6.07) is 5.71. The van der Waals surface area contributed by atoms with Crippen LogP contribution in [0.5, 0.6) is 11.6 Å². The predicted molar refractivity (Wildman–Crippen MR) is 69.5 cm³/mol. The molecule has 0 fully saturated rings. The summed E-state index contributed by atoms with van der Waals surface area (Å²) in [6.07, 6.45) is 2.31. The normalized spacial score (nSPS) is 11.3. The van der Waals surface area contributed by atoms with E-state index in [0.717, 1.165) is 6.26 Å². The van der Waals surface area contributed by atoms with Gasteiger partial charge in [-0.05, 0) is 28.1 Å². The molecule has 0 atom stereocenters. The SMILES string of the molecule is Cn1cnc([N+](=O)[O-])c1Oc1cccc(S(C)(=O)=O)c1. The summed E-state index contributed by atoms with van der Waals surface area (Å²) in [7, 11) is -1.84. The molecule has 0 aliphatic heterocycles. The molecule has 0 saturated heterocycles. The fraction of sp³-hybridized carbons (Fsp3) is 0.182. The molecule has 2 aromatic rings. The van der Waals surface area contributed by atoms with Crippen molar-refractivity contribution in [1.29, 1.82) is 0 Å². The second-order valence-corrected chi connectivity index (χ2v) is 6.11. The minimum absolute atomic E-state index is 0.0688. The highest BCUT2D eigenvalue weighted by atomic mass is 32.2. The Kier molecular flexibility index (Phi) is 3.45. The highest BCUT2D eigenvalue weighted by Crippen LogP contribution is 2.30. The Bertz CT molecular complexity index is 766. The maximum absolute atomic E-state index is 11.4. The summed E-state index contributed by atoms with van der Waals surface area (Å²) in [6.45, 7) is 0. The largest absolute Gasteiger partial charge is 0.434 e. The van der Waals surface area contributed by atoms with E-state index in [1.165, 1.54) is 42.2 Å². The number of imidazole rings is 1. The Morgan fingerprint density at radius 3 is 2.70 bits per heavy atom. The van der Waals surface area contributed by atoms with Gasteiger partial charge in [0, 0.05) is 13.3 Å². The van der Waals surface area contributed by atoms with Crippen LogP contribution < -0.4 is 4.74 Å². The maximum Gasteiger partial charge on any atom is 0.427 e. The van der Waals surface area contributed by atoms with Crippen molar-refractivity contribution in [2.75, 3.05) is 6.26 Å². The van der Waals surface area contributed by atoms with Gasteiger partial charge in [-0.15, -0.1) is 0 Å². The van der Waals surface area contributed by atoms with Crippen LogP contribution in [0.25, 0.3) is 0 Å². The average Bonchev–Trinajstić information content (AvgIpc) is 2.70. The molecule has 0 aliphatic rings. The van der Waals surface area contributed by atoms with Gasteiger partial charge in [0.2, 0.25) is 6.33 Å². The summed E-state index contributed by atoms with van der Waals surface area (Å²) in [5.74, 6) is -0.322. The molecule has 0 spiro atoms. The number of hydrogen-bond acceptors (Lipinski definition) is 6. The van der Waals surface area contributed by atoms with Gasteiger partial charge in [0.25, 0.3) is 0 Å². The van der Waals surface area contributed by atoms with Gasteiger partial charge in [-0.1, -0.05) is 6.07 Å². The van der Waals surface area contributed by atoms with Crippen LogP contribution in [-0.4, -0.2) is 29.1 Å². The van der Waals surface area contributed by atoms with Crippen LogP contribution in [0.4, 0.5) is 5.82 Å². The molecule has 9 heteroatoms. The number of hydrogen-bond donors (Lipinski definition) is 0. The van der Waals surface area contributed by atoms with Gasteiger partial charge in [0.05, 0.1) is 4.90 Å². The van der Waals surface area contributed by atoms with Crippen LogP contribution in [0.15, 0.2) is 35.5 Å². The van der Waals surface area contributed by atoms with Crippen molar-refractivity contribution in [2.45, 2.75) is 4.90 Å². The third kappa shape index (κ3) is 2.77. The molecule has 106 valence electrons. The topological polar surface area (TPSA) is 104 Å². The first-order valence-electron chi connectivity index (χ1n) is 5.42. The van der Waals surface area contributed by atoms with E-state index in [-0.39, 0.29) is 16.5 Å². The smallest absolute Gasteiger partial charge is 0.427 e. The number of benzene rings is 1. The zero-order valence-corrected chi connectivity index (χ0v) is 11.5. The molecule has 1 aromatic carbocycles. The maximum atomic E-state index is 11.4. The Labute approximate surface area is 114 Å². The van der Waals surface area contributed by atoms with E-state index in [0.29, 0.717) is 0 Å². The number of sulfone groups is 1. The molecule has 0 unspecified atom stereocenters. The van der Waals surface area contributed by atoms with E-state index < -0.39 is 20.6 Å². The molecule has 1 aromatic heterocycles. The van der Waals surface area contributed by atoms with E-state index in [4.69, 9.17) is 4.74 Å². The quantitative estimate of drug-likeness (QED) is 0.626. The van der Waals surface area contributed by atoms with E-state index in [2.05, 4.69) is 4.98 Å². The number of nitrogens with zero attached hydrogens (tertiary/aromatic N) is 3. The minimum atomic E-state index is -3.38. The van der Waals surface area contributed by atoms with Crippen LogP contribution in [-0.2, 0) is 16.9 Å². The monoisotopic (exact) mass is 297 g/mol. The van der Waals surface area contributed by atoms with Gasteiger partial charge in [-0.3, -0.25) is 4.57 Å². The second-order valence-electron chi connectivity index (χ2n) is 4.09. The molecule has 8 nitrogen and oxygen atoms in total. The van der Waals surface area contributed by atoms with Gasteiger partial charge in [0.15, 0.2) is 9.84 Å². The Morgan fingerprint density at radius 1 is 1.40 bits per heavy atom. The summed E-state index contributed by atoms with van der Waals surface area (Å²) < 4.78 is 29.6. The van der Waals surface area contributed by atoms with Crippen LogP contribution >= 0.6 is 0 Å². The number of aromatic nitrogens is 2. The zero-order valence-electron chi connectivity index (χ0n) is 10.7. The van der Waals surface area contributed by atoms with Gasteiger partial charge in [0.1, 0.15) is 5.75 Å². The lowest BCUT2D eigenvalue weighted by molar-refractivity contribution is -0.390. The van der Waals surface area contributed by atoms with E-state index >= 15 is 0 Å². The van der Waals surface area contributed by atoms with Gasteiger partial charge in [-0.25, -0.2) is 8.42 Å². The zero-order chi connectivity index (χ0) is 14.9. The van der Waals surface area contributed by atoms with Crippen LogP contribution in [0.3, 0.4) is 0 Å². The molecule has 2 rings (SSSR count). The Morgan fingerprint density at radius 2 is 2.10 bits per heavy atom. The number of aryl methyl sites for hydroxylation is 1. The van der Waals surface area contributed by atoms with E-state index in [1.54, 1.807) is 0 Å². The highest BCUT2D eigenvalue weighted by Gasteiger charge is 2.22. The lowest BCUT2D eigenvalue weighted by Gasteiger charge is -2.06. The number of ether oxygens (including phenoxy) is 1. The third-order valence-electron chi connectivity index (χ3n) is 2.49. The van der Waals surface area contributed by atoms with Crippen LogP contribution in [0, 0.1) is 10.1 Å². The second kappa shape index (κ2) is 4.93. The van der Waals surface area contributed by atoms with Crippen LogP contribution in [0.1, 0.15) is 0 Å². The average molecular weight is 297 g/mol. The number of rotatable bonds is 4. The third-order valence-corrected chi connectivity index (χ3v) is 3.60. The summed E-state index contributed by atoms with van der Waals surface area (Å²) in [5, 5.41) is 10.8. The molecule has 0 saturated carbocycles. The molecule has 1 heterocycles. The van der Waals surface area contributed by atoms with Crippen molar-refractivity contribution in [1.82, 2.24) is 9.55 Å². The van der Waals surface area contributed by atoms with Crippen molar-refractivity contribution in [2.24, 2.45) is 7.05 Å². The Hall–Kier alpha value is -2.42. The number of nitro groups is 1. The van der Waals surface area contributed by atoms with Crippen molar-refractivity contribution in [3.8, 4) is 11.6 Å². The summed E-state index contributed by atoms with van der Waals surface area (Å²) in [4.78, 5) is 13.8. The van der Waals surface area contributed by atoms with E-state index in [9.17, 15) is 18.5 Å². The standard InChI is InChI=1S/C11H11N3O5S/c1-13-7-12-10(14(15)16)11(13)19-8-4-3-5-9(6-8)20(2,17)18/h3-7H,1-2H3. The van der Waals surface area contributed by atoms with Crippen molar-refractivity contribution >= 4 is 15.7 Å². The molecule has 0 bridgehead atoms. The minimum Gasteiger partial charge on any atom is -0.434 e. The highest BCUT2D eigenvalue weighted by molar-refractivity contribution is 7.90. The molecular weight excluding hydrogens is 286 g/mol. The van der Waals surface area contributed by atoms with Gasteiger partial charge >= 0.3 is 11.7 Å². The molecular formula is C11H11N3O5S. The van der Waals surface area contributed by atoms with Gasteiger partial charge < -0.3 is 14.9 Å². The van der Waals surface area contributed by atoms with E-state index in [1.807, 2.05) is 0 Å². The molecule has 0 radical (unpaired) electrons. The first kappa shape index (κ1) is 14.0. The summed E-state index contributed by atoms with van der Waals surface area (Å²) in [5.41, 5.74) is 0. The fourth-order valence-corrected chi connectivity index (χ4v) is 2.19. The van der Waals surface area contributed by atoms with Crippen LogP contribution in [0.2, 0.25) is 0 Å². The van der Waals surface area contributed by atoms with Crippen molar-refractivity contribution in [3.05, 3.63) is 40.7 Å². The first-order valence-corrected chi connectivity index (χ1v) is 7.32. The van der Waals surface area contributed by atoms with Crippen molar-refractivity contribution < 1.29 is 18.1 Å². The molecule has 0 aliphatic carbocycles.